The van der Waals surface area contributed by atoms with Crippen molar-refractivity contribution < 1.29 is 19.1 Å². The van der Waals surface area contributed by atoms with Crippen LogP contribution in [0.5, 0.6) is 0 Å². The minimum Gasteiger partial charge on any atom is -0.445 e. The molecule has 20 heavy (non-hydrogen) atoms. The van der Waals surface area contributed by atoms with Crippen LogP contribution in [0.2, 0.25) is 0 Å². The van der Waals surface area contributed by atoms with Gasteiger partial charge in [-0.25, -0.2) is 9.59 Å². The third-order valence-corrected chi connectivity index (χ3v) is 3.17. The second kappa shape index (κ2) is 5.17. The molecule has 100 valence electrons. The van der Waals surface area contributed by atoms with Crippen molar-refractivity contribution in [2.45, 2.75) is 12.2 Å². The lowest BCUT2D eigenvalue weighted by atomic mass is 9.97. The summed E-state index contributed by atoms with van der Waals surface area (Å²) in [4.78, 5) is 22.9. The quantitative estimate of drug-likeness (QED) is 0.620. The number of carbonyl (C=O) groups excluding carboxylic acids is 2. The van der Waals surface area contributed by atoms with E-state index < -0.39 is 24.1 Å². The molecule has 2 atom stereocenters. The largest absolute Gasteiger partial charge is 0.445 e. The Morgan fingerprint density at radius 2 is 0.950 bits per heavy atom. The van der Waals surface area contributed by atoms with E-state index in [2.05, 4.69) is 0 Å². The Morgan fingerprint density at radius 1 is 0.600 bits per heavy atom. The highest BCUT2D eigenvalue weighted by Gasteiger charge is 2.40. The summed E-state index contributed by atoms with van der Waals surface area (Å²) in [7, 11) is 0. The molecule has 1 aliphatic heterocycles. The van der Waals surface area contributed by atoms with Gasteiger partial charge >= 0.3 is 11.9 Å². The van der Waals surface area contributed by atoms with Gasteiger partial charge in [-0.05, 0) is 11.1 Å². The first-order valence-electron chi connectivity index (χ1n) is 6.27. The molecule has 3 rings (SSSR count). The Kier molecular flexibility index (Phi) is 3.21. The van der Waals surface area contributed by atoms with Gasteiger partial charge in [-0.1, -0.05) is 60.7 Å². The van der Waals surface area contributed by atoms with Crippen molar-refractivity contribution in [1.82, 2.24) is 0 Å². The molecule has 1 aliphatic rings. The third-order valence-electron chi connectivity index (χ3n) is 3.17. The zero-order chi connectivity index (χ0) is 13.9. The van der Waals surface area contributed by atoms with Gasteiger partial charge in [-0.15, -0.1) is 0 Å². The molecular formula is C16H12O4. The van der Waals surface area contributed by atoms with Crippen LogP contribution in [0.25, 0.3) is 0 Å². The van der Waals surface area contributed by atoms with E-state index in [1.165, 1.54) is 0 Å². The maximum atomic E-state index is 11.5. The van der Waals surface area contributed by atoms with Gasteiger partial charge in [0.1, 0.15) is 0 Å². The molecule has 2 aromatic rings. The van der Waals surface area contributed by atoms with Crippen LogP contribution in [0.3, 0.4) is 0 Å². The zero-order valence-electron chi connectivity index (χ0n) is 10.6. The van der Waals surface area contributed by atoms with E-state index in [1.807, 2.05) is 60.7 Å². The summed E-state index contributed by atoms with van der Waals surface area (Å²) >= 11 is 0. The summed E-state index contributed by atoms with van der Waals surface area (Å²) in [6.45, 7) is 0. The van der Waals surface area contributed by atoms with Gasteiger partial charge in [0.25, 0.3) is 0 Å². The number of cyclic esters (lactones) is 2. The van der Waals surface area contributed by atoms with Gasteiger partial charge in [0.05, 0.1) is 0 Å². The van der Waals surface area contributed by atoms with E-state index in [4.69, 9.17) is 9.47 Å². The standard InChI is InChI=1S/C16H12O4/c17-15-16(18)20-14(12-9-5-2-6-10-12)13(19-15)11-7-3-1-4-8-11/h1-10,13-14H/t13-,14-/m1/s1. The summed E-state index contributed by atoms with van der Waals surface area (Å²) in [5.41, 5.74) is 1.59. The lowest BCUT2D eigenvalue weighted by Gasteiger charge is -2.30. The highest BCUT2D eigenvalue weighted by Crippen LogP contribution is 2.38. The number of benzene rings is 2. The van der Waals surface area contributed by atoms with Gasteiger partial charge in [-0.2, -0.15) is 0 Å². The molecular weight excluding hydrogens is 256 g/mol. The Hall–Kier alpha value is -2.62. The molecule has 4 heteroatoms. The molecule has 0 saturated carbocycles. The summed E-state index contributed by atoms with van der Waals surface area (Å²) in [6.07, 6.45) is -1.24. The van der Waals surface area contributed by atoms with Crippen LogP contribution in [-0.2, 0) is 19.1 Å². The van der Waals surface area contributed by atoms with Gasteiger partial charge in [0.15, 0.2) is 12.2 Å². The smallest absolute Gasteiger partial charge is 0.418 e. The van der Waals surface area contributed by atoms with Crippen LogP contribution in [0.1, 0.15) is 23.3 Å². The molecule has 4 nitrogen and oxygen atoms in total. The van der Waals surface area contributed by atoms with Crippen molar-refractivity contribution in [3.05, 3.63) is 71.8 Å². The summed E-state index contributed by atoms with van der Waals surface area (Å²) < 4.78 is 10.5. The molecule has 0 spiro atoms. The second-order valence-electron chi connectivity index (χ2n) is 4.47. The van der Waals surface area contributed by atoms with Gasteiger partial charge < -0.3 is 9.47 Å². The highest BCUT2D eigenvalue weighted by molar-refractivity contribution is 6.30. The Bertz CT molecular complexity index is 564. The van der Waals surface area contributed by atoms with E-state index in [9.17, 15) is 9.59 Å². The number of hydrogen-bond donors (Lipinski definition) is 0. The van der Waals surface area contributed by atoms with Gasteiger partial charge in [-0.3, -0.25) is 0 Å². The summed E-state index contributed by atoms with van der Waals surface area (Å²) in [6, 6.07) is 18.5. The predicted octanol–water partition coefficient (Wildman–Crippen LogP) is 2.57. The Labute approximate surface area is 115 Å². The minimum atomic E-state index is -0.953. The van der Waals surface area contributed by atoms with E-state index in [0.717, 1.165) is 11.1 Å². The summed E-state index contributed by atoms with van der Waals surface area (Å²) in [5, 5.41) is 0. The molecule has 0 amide bonds. The average molecular weight is 268 g/mol. The van der Waals surface area contributed by atoms with Crippen LogP contribution in [0.15, 0.2) is 60.7 Å². The van der Waals surface area contributed by atoms with Crippen molar-refractivity contribution in [3.63, 3.8) is 0 Å². The molecule has 0 bridgehead atoms. The molecule has 1 fully saturated rings. The van der Waals surface area contributed by atoms with E-state index in [0.29, 0.717) is 0 Å². The molecule has 0 N–H and O–H groups in total. The number of carbonyl (C=O) groups is 2. The monoisotopic (exact) mass is 268 g/mol. The highest BCUT2D eigenvalue weighted by atomic mass is 16.6. The van der Waals surface area contributed by atoms with Crippen molar-refractivity contribution >= 4 is 11.9 Å². The topological polar surface area (TPSA) is 52.6 Å². The molecule has 0 radical (unpaired) electrons. The minimum absolute atomic E-state index is 0.621. The van der Waals surface area contributed by atoms with E-state index >= 15 is 0 Å². The SMILES string of the molecule is O=C1O[C@H](c2ccccc2)[C@@H](c2ccccc2)OC1=O. The number of rotatable bonds is 2. The maximum Gasteiger partial charge on any atom is 0.418 e. The molecule has 0 unspecified atom stereocenters. The number of hydrogen-bond acceptors (Lipinski definition) is 4. The second-order valence-corrected chi connectivity index (χ2v) is 4.47. The number of ether oxygens (including phenoxy) is 2. The fraction of sp³-hybridized carbons (Fsp3) is 0.125. The Morgan fingerprint density at radius 3 is 1.30 bits per heavy atom. The first-order valence-corrected chi connectivity index (χ1v) is 6.27. The van der Waals surface area contributed by atoms with E-state index in [-0.39, 0.29) is 0 Å². The van der Waals surface area contributed by atoms with Crippen LogP contribution >= 0.6 is 0 Å². The first-order chi connectivity index (χ1) is 9.75. The lowest BCUT2D eigenvalue weighted by Crippen LogP contribution is -2.34. The fourth-order valence-electron chi connectivity index (χ4n) is 2.22. The molecule has 1 saturated heterocycles. The van der Waals surface area contributed by atoms with Crippen LogP contribution in [-0.4, -0.2) is 11.9 Å². The van der Waals surface area contributed by atoms with Crippen LogP contribution < -0.4 is 0 Å². The third kappa shape index (κ3) is 2.28. The molecule has 0 aliphatic carbocycles. The predicted molar refractivity (Wildman–Crippen MR) is 70.6 cm³/mol. The molecule has 0 aromatic heterocycles. The van der Waals surface area contributed by atoms with Crippen molar-refractivity contribution in [3.8, 4) is 0 Å². The lowest BCUT2D eigenvalue weighted by molar-refractivity contribution is -0.196. The molecule has 2 aromatic carbocycles. The Balaban J connectivity index is 2.00. The van der Waals surface area contributed by atoms with Crippen molar-refractivity contribution in [1.29, 1.82) is 0 Å². The fourth-order valence-corrected chi connectivity index (χ4v) is 2.22. The summed E-state index contributed by atoms with van der Waals surface area (Å²) in [5.74, 6) is -1.91. The number of esters is 2. The van der Waals surface area contributed by atoms with Crippen LogP contribution in [0, 0.1) is 0 Å². The first kappa shape index (κ1) is 12.4. The molecule has 1 heterocycles. The van der Waals surface area contributed by atoms with Crippen molar-refractivity contribution in [2.75, 3.05) is 0 Å². The van der Waals surface area contributed by atoms with Crippen molar-refractivity contribution in [2.24, 2.45) is 0 Å². The van der Waals surface area contributed by atoms with Gasteiger partial charge in [0, 0.05) is 0 Å². The maximum absolute atomic E-state index is 11.5. The average Bonchev–Trinajstić information content (AvgIpc) is 2.51. The van der Waals surface area contributed by atoms with E-state index in [1.54, 1.807) is 0 Å². The van der Waals surface area contributed by atoms with Gasteiger partial charge in [0.2, 0.25) is 0 Å². The normalized spacial score (nSPS) is 22.0. The van der Waals surface area contributed by atoms with Crippen LogP contribution in [0.4, 0.5) is 0 Å². The zero-order valence-corrected chi connectivity index (χ0v) is 10.6.